The number of fused-ring (bicyclic) bond motifs is 1. The molecule has 106 valence electrons. The number of H-pyrrole nitrogens is 1. The van der Waals surface area contributed by atoms with Gasteiger partial charge in [0.15, 0.2) is 0 Å². The van der Waals surface area contributed by atoms with Gasteiger partial charge in [-0.1, -0.05) is 6.07 Å². The summed E-state index contributed by atoms with van der Waals surface area (Å²) >= 11 is 0. The zero-order valence-corrected chi connectivity index (χ0v) is 11.0. The molecule has 0 aliphatic rings. The number of nitrogens with one attached hydrogen (secondary N) is 2. The Morgan fingerprint density at radius 1 is 1.33 bits per heavy atom. The first-order valence-electron chi connectivity index (χ1n) is 6.34. The van der Waals surface area contributed by atoms with Gasteiger partial charge in [-0.2, -0.15) is 5.10 Å². The molecule has 2 N–H and O–H groups in total. The highest BCUT2D eigenvalue weighted by Gasteiger charge is 2.12. The van der Waals surface area contributed by atoms with Crippen LogP contribution in [0, 0.1) is 0 Å². The molecule has 0 bridgehead atoms. The quantitative estimate of drug-likeness (QED) is 0.689. The van der Waals surface area contributed by atoms with E-state index in [1.807, 2.05) is 0 Å². The van der Waals surface area contributed by atoms with Gasteiger partial charge in [-0.25, -0.2) is 9.97 Å². The number of hydrogen-bond acceptors (Lipinski definition) is 5. The Morgan fingerprint density at radius 3 is 3.05 bits per heavy atom. The molecule has 3 aromatic heterocycles. The molecule has 21 heavy (non-hydrogen) atoms. The van der Waals surface area contributed by atoms with Crippen molar-refractivity contribution in [2.45, 2.75) is 6.42 Å². The van der Waals surface area contributed by atoms with Gasteiger partial charge >= 0.3 is 0 Å². The van der Waals surface area contributed by atoms with Crippen LogP contribution in [0.15, 0.2) is 41.7 Å². The van der Waals surface area contributed by atoms with Crippen molar-refractivity contribution in [1.82, 2.24) is 29.9 Å². The molecule has 0 aliphatic heterocycles. The zero-order valence-electron chi connectivity index (χ0n) is 11.0. The summed E-state index contributed by atoms with van der Waals surface area (Å²) in [6.07, 6.45) is 4.78. The zero-order chi connectivity index (χ0) is 14.7. The van der Waals surface area contributed by atoms with Crippen LogP contribution in [0.5, 0.6) is 0 Å². The fourth-order valence-electron chi connectivity index (χ4n) is 1.92. The van der Waals surface area contributed by atoms with E-state index in [0.29, 0.717) is 24.4 Å². The molecule has 1 amide bonds. The standard InChI is InChI=1S/C13H12N6O2/c20-12(14-5-4-10-16-8-17-18-10)9-7-15-11-3-1-2-6-19(11)13(9)21/h1-3,6-8H,4-5H2,(H,14,20)(H,16,17,18). The van der Waals surface area contributed by atoms with Gasteiger partial charge in [-0.3, -0.25) is 19.1 Å². The van der Waals surface area contributed by atoms with Crippen molar-refractivity contribution in [2.24, 2.45) is 0 Å². The van der Waals surface area contributed by atoms with Crippen molar-refractivity contribution >= 4 is 11.6 Å². The van der Waals surface area contributed by atoms with E-state index in [1.54, 1.807) is 24.4 Å². The lowest BCUT2D eigenvalue weighted by Crippen LogP contribution is -2.32. The minimum atomic E-state index is -0.453. The Hall–Kier alpha value is -3.03. The third kappa shape index (κ3) is 2.64. The summed E-state index contributed by atoms with van der Waals surface area (Å²) in [7, 11) is 0. The van der Waals surface area contributed by atoms with Crippen LogP contribution in [0.25, 0.3) is 5.65 Å². The molecule has 0 radical (unpaired) electrons. The van der Waals surface area contributed by atoms with Crippen molar-refractivity contribution in [3.63, 3.8) is 0 Å². The first-order valence-corrected chi connectivity index (χ1v) is 6.34. The van der Waals surface area contributed by atoms with Crippen LogP contribution in [-0.2, 0) is 6.42 Å². The topological polar surface area (TPSA) is 105 Å². The van der Waals surface area contributed by atoms with Gasteiger partial charge in [0.05, 0.1) is 0 Å². The Bertz CT molecular complexity index is 824. The van der Waals surface area contributed by atoms with E-state index in [4.69, 9.17) is 0 Å². The van der Waals surface area contributed by atoms with Crippen LogP contribution in [0.2, 0.25) is 0 Å². The molecule has 8 nitrogen and oxygen atoms in total. The van der Waals surface area contributed by atoms with Crippen molar-refractivity contribution < 1.29 is 4.79 Å². The molecular weight excluding hydrogens is 272 g/mol. The highest BCUT2D eigenvalue weighted by Crippen LogP contribution is 1.97. The third-order valence-corrected chi connectivity index (χ3v) is 2.97. The average molecular weight is 284 g/mol. The second-order valence-electron chi connectivity index (χ2n) is 4.34. The number of carbonyl (C=O) groups is 1. The average Bonchev–Trinajstić information content (AvgIpc) is 3.01. The van der Waals surface area contributed by atoms with Gasteiger partial charge in [0, 0.05) is 25.4 Å². The highest BCUT2D eigenvalue weighted by atomic mass is 16.2. The second kappa shape index (κ2) is 5.53. The van der Waals surface area contributed by atoms with E-state index in [1.165, 1.54) is 16.9 Å². The maximum Gasteiger partial charge on any atom is 0.270 e. The van der Waals surface area contributed by atoms with Gasteiger partial charge in [-0.15, -0.1) is 0 Å². The molecule has 0 fully saturated rings. The molecule has 3 rings (SSSR count). The van der Waals surface area contributed by atoms with Crippen LogP contribution >= 0.6 is 0 Å². The number of carbonyl (C=O) groups excluding carboxylic acids is 1. The predicted octanol–water partition coefficient (Wildman–Crippen LogP) is -0.215. The Labute approximate surface area is 118 Å². The normalized spacial score (nSPS) is 10.7. The molecule has 0 atom stereocenters. The van der Waals surface area contributed by atoms with Gasteiger partial charge in [0.1, 0.15) is 23.4 Å². The summed E-state index contributed by atoms with van der Waals surface area (Å²) in [5.74, 6) is 0.217. The van der Waals surface area contributed by atoms with Crippen molar-refractivity contribution in [3.8, 4) is 0 Å². The molecule has 3 heterocycles. The lowest BCUT2D eigenvalue weighted by atomic mass is 10.3. The number of hydrogen-bond donors (Lipinski definition) is 2. The lowest BCUT2D eigenvalue weighted by Gasteiger charge is -2.05. The summed E-state index contributed by atoms with van der Waals surface area (Å²) in [4.78, 5) is 32.3. The predicted molar refractivity (Wildman–Crippen MR) is 73.9 cm³/mol. The molecule has 0 aromatic carbocycles. The third-order valence-electron chi connectivity index (χ3n) is 2.97. The van der Waals surface area contributed by atoms with Crippen LogP contribution in [-0.4, -0.2) is 37.0 Å². The van der Waals surface area contributed by atoms with E-state index >= 15 is 0 Å². The van der Waals surface area contributed by atoms with E-state index < -0.39 is 11.5 Å². The largest absolute Gasteiger partial charge is 0.351 e. The molecule has 8 heteroatoms. The number of rotatable bonds is 4. The molecule has 0 aliphatic carbocycles. The summed E-state index contributed by atoms with van der Waals surface area (Å²) in [5, 5.41) is 9.07. The number of amides is 1. The molecule has 0 saturated carbocycles. The van der Waals surface area contributed by atoms with Crippen molar-refractivity contribution in [2.75, 3.05) is 6.54 Å². The molecule has 0 spiro atoms. The van der Waals surface area contributed by atoms with Gasteiger partial charge in [-0.05, 0) is 12.1 Å². The van der Waals surface area contributed by atoms with Crippen LogP contribution in [0.4, 0.5) is 0 Å². The minimum Gasteiger partial charge on any atom is -0.351 e. The maximum atomic E-state index is 12.2. The summed E-state index contributed by atoms with van der Waals surface area (Å²) in [6.45, 7) is 0.352. The second-order valence-corrected chi connectivity index (χ2v) is 4.34. The van der Waals surface area contributed by atoms with E-state index in [9.17, 15) is 9.59 Å². The Balaban J connectivity index is 1.75. The van der Waals surface area contributed by atoms with Gasteiger partial charge < -0.3 is 5.32 Å². The van der Waals surface area contributed by atoms with Crippen molar-refractivity contribution in [1.29, 1.82) is 0 Å². The molecular formula is C13H12N6O2. The fourth-order valence-corrected chi connectivity index (χ4v) is 1.92. The molecule has 3 aromatic rings. The number of pyridine rings is 1. The number of nitrogens with zero attached hydrogens (tertiary/aromatic N) is 4. The van der Waals surface area contributed by atoms with Gasteiger partial charge in [0.2, 0.25) is 0 Å². The Kier molecular flexibility index (Phi) is 3.42. The Morgan fingerprint density at radius 2 is 2.24 bits per heavy atom. The number of aromatic nitrogens is 5. The van der Waals surface area contributed by atoms with Crippen molar-refractivity contribution in [3.05, 3.63) is 58.7 Å². The first-order chi connectivity index (χ1) is 10.3. The minimum absolute atomic E-state index is 0.0104. The maximum absolute atomic E-state index is 12.2. The van der Waals surface area contributed by atoms with Crippen LogP contribution < -0.4 is 10.9 Å². The van der Waals surface area contributed by atoms with Gasteiger partial charge in [0.25, 0.3) is 11.5 Å². The first kappa shape index (κ1) is 13.0. The van der Waals surface area contributed by atoms with Crippen LogP contribution in [0.1, 0.15) is 16.2 Å². The van der Waals surface area contributed by atoms with E-state index in [-0.39, 0.29) is 5.56 Å². The summed E-state index contributed by atoms with van der Waals surface area (Å²) < 4.78 is 1.34. The monoisotopic (exact) mass is 284 g/mol. The van der Waals surface area contributed by atoms with Crippen LogP contribution in [0.3, 0.4) is 0 Å². The lowest BCUT2D eigenvalue weighted by molar-refractivity contribution is 0.0952. The fraction of sp³-hybridized carbons (Fsp3) is 0.154. The number of aromatic amines is 1. The summed E-state index contributed by atoms with van der Waals surface area (Å²) in [6, 6.07) is 5.19. The molecule has 0 unspecified atom stereocenters. The SMILES string of the molecule is O=C(NCCc1ncn[nH]1)c1cnc2ccccn2c1=O. The van der Waals surface area contributed by atoms with E-state index in [2.05, 4.69) is 25.5 Å². The van der Waals surface area contributed by atoms with E-state index in [0.717, 1.165) is 0 Å². The molecule has 0 saturated heterocycles. The highest BCUT2D eigenvalue weighted by molar-refractivity contribution is 5.93. The summed E-state index contributed by atoms with van der Waals surface area (Å²) in [5.41, 5.74) is 0.120. The smallest absolute Gasteiger partial charge is 0.270 e.